The van der Waals surface area contributed by atoms with Crippen LogP contribution in [-0.2, 0) is 6.42 Å². The Hall–Kier alpha value is -0.780. The summed E-state index contributed by atoms with van der Waals surface area (Å²) < 4.78 is 0. The predicted molar refractivity (Wildman–Crippen MR) is 63.8 cm³/mol. The summed E-state index contributed by atoms with van der Waals surface area (Å²) in [4.78, 5) is 0. The molecular formula is C15H20. The van der Waals surface area contributed by atoms with Crippen molar-refractivity contribution in [2.24, 2.45) is 11.3 Å². The van der Waals surface area contributed by atoms with E-state index >= 15 is 0 Å². The van der Waals surface area contributed by atoms with Gasteiger partial charge in [-0.25, -0.2) is 0 Å². The molecule has 0 N–H and O–H groups in total. The van der Waals surface area contributed by atoms with Gasteiger partial charge in [-0.05, 0) is 49.0 Å². The number of rotatable bonds is 3. The van der Waals surface area contributed by atoms with E-state index in [-0.39, 0.29) is 0 Å². The number of aryl methyl sites for hydroxylation is 1. The lowest BCUT2D eigenvalue weighted by atomic mass is 9.84. The molecule has 2 aliphatic rings. The van der Waals surface area contributed by atoms with Crippen LogP contribution in [0.1, 0.15) is 44.1 Å². The van der Waals surface area contributed by atoms with Gasteiger partial charge in [0.25, 0.3) is 0 Å². The van der Waals surface area contributed by atoms with Crippen LogP contribution in [0.5, 0.6) is 0 Å². The Morgan fingerprint density at radius 2 is 2.00 bits per heavy atom. The summed E-state index contributed by atoms with van der Waals surface area (Å²) in [7, 11) is 0. The lowest BCUT2D eigenvalue weighted by Gasteiger charge is -2.21. The molecule has 0 radical (unpaired) electrons. The summed E-state index contributed by atoms with van der Waals surface area (Å²) in [5.74, 6) is 1.11. The predicted octanol–water partition coefficient (Wildman–Crippen LogP) is 4.20. The molecule has 0 aliphatic heterocycles. The van der Waals surface area contributed by atoms with Gasteiger partial charge in [-0.3, -0.25) is 0 Å². The van der Waals surface area contributed by atoms with Gasteiger partial charge in [0.1, 0.15) is 0 Å². The van der Waals surface area contributed by atoms with Crippen LogP contribution in [0.3, 0.4) is 0 Å². The minimum atomic E-state index is 0.800. The van der Waals surface area contributed by atoms with E-state index < -0.39 is 0 Å². The monoisotopic (exact) mass is 200 g/mol. The molecule has 80 valence electrons. The summed E-state index contributed by atoms with van der Waals surface area (Å²) in [6, 6.07) is 11.0. The second-order valence-electron chi connectivity index (χ2n) is 5.49. The highest BCUT2D eigenvalue weighted by atomic mass is 14.6. The molecule has 1 aromatic carbocycles. The van der Waals surface area contributed by atoms with Gasteiger partial charge in [0.2, 0.25) is 0 Å². The molecule has 2 fully saturated rings. The van der Waals surface area contributed by atoms with E-state index in [1.807, 2.05) is 0 Å². The summed E-state index contributed by atoms with van der Waals surface area (Å²) in [6.07, 6.45) is 10.3. The second-order valence-corrected chi connectivity index (χ2v) is 5.49. The Kier molecular flexibility index (Phi) is 2.31. The molecule has 0 heteroatoms. The van der Waals surface area contributed by atoms with Crippen molar-refractivity contribution in [2.45, 2.75) is 44.9 Å². The van der Waals surface area contributed by atoms with E-state index in [0.29, 0.717) is 0 Å². The maximum atomic E-state index is 2.27. The van der Waals surface area contributed by atoms with Crippen LogP contribution < -0.4 is 0 Å². The van der Waals surface area contributed by atoms with Crippen LogP contribution in [0.4, 0.5) is 0 Å². The fourth-order valence-electron chi connectivity index (χ4n) is 3.48. The first-order valence-electron chi connectivity index (χ1n) is 6.43. The van der Waals surface area contributed by atoms with E-state index in [1.54, 1.807) is 6.42 Å². The van der Waals surface area contributed by atoms with Crippen molar-refractivity contribution < 1.29 is 0 Å². The molecule has 1 aromatic rings. The molecule has 2 saturated carbocycles. The van der Waals surface area contributed by atoms with Gasteiger partial charge >= 0.3 is 0 Å². The first-order valence-corrected chi connectivity index (χ1v) is 6.43. The zero-order valence-electron chi connectivity index (χ0n) is 9.41. The minimum Gasteiger partial charge on any atom is -0.0622 e. The van der Waals surface area contributed by atoms with Gasteiger partial charge in [0, 0.05) is 0 Å². The van der Waals surface area contributed by atoms with Crippen molar-refractivity contribution in [2.75, 3.05) is 0 Å². The third-order valence-corrected chi connectivity index (χ3v) is 4.59. The SMILES string of the molecule is c1ccc(CCC23CCCCC2C3)cc1. The van der Waals surface area contributed by atoms with Gasteiger partial charge in [-0.1, -0.05) is 43.2 Å². The Morgan fingerprint density at radius 1 is 1.13 bits per heavy atom. The van der Waals surface area contributed by atoms with E-state index in [4.69, 9.17) is 0 Å². The topological polar surface area (TPSA) is 0 Å². The first-order chi connectivity index (χ1) is 7.39. The first kappa shape index (κ1) is 9.45. The van der Waals surface area contributed by atoms with Crippen molar-refractivity contribution in [3.8, 4) is 0 Å². The van der Waals surface area contributed by atoms with Crippen molar-refractivity contribution >= 4 is 0 Å². The normalized spacial score (nSPS) is 33.5. The largest absolute Gasteiger partial charge is 0.0622 e. The van der Waals surface area contributed by atoms with Crippen LogP contribution >= 0.6 is 0 Å². The molecular weight excluding hydrogens is 180 g/mol. The Labute approximate surface area is 92.7 Å². The highest BCUT2D eigenvalue weighted by molar-refractivity contribution is 5.16. The lowest BCUT2D eigenvalue weighted by molar-refractivity contribution is 0.316. The maximum Gasteiger partial charge on any atom is -0.0263 e. The third-order valence-electron chi connectivity index (χ3n) is 4.59. The molecule has 0 heterocycles. The maximum absolute atomic E-state index is 2.27. The smallest absolute Gasteiger partial charge is 0.0263 e. The van der Waals surface area contributed by atoms with Crippen LogP contribution in [-0.4, -0.2) is 0 Å². The molecule has 0 aromatic heterocycles. The zero-order chi connectivity index (χ0) is 10.1. The van der Waals surface area contributed by atoms with E-state index in [1.165, 1.54) is 44.1 Å². The molecule has 2 aliphatic carbocycles. The fraction of sp³-hybridized carbons (Fsp3) is 0.600. The summed E-state index contributed by atoms with van der Waals surface area (Å²) in [5.41, 5.74) is 2.33. The fourth-order valence-corrected chi connectivity index (χ4v) is 3.48. The quantitative estimate of drug-likeness (QED) is 0.686. The average molecular weight is 200 g/mol. The Bertz CT molecular complexity index is 327. The van der Waals surface area contributed by atoms with Gasteiger partial charge in [0.05, 0.1) is 0 Å². The van der Waals surface area contributed by atoms with E-state index in [2.05, 4.69) is 30.3 Å². The summed E-state index contributed by atoms with van der Waals surface area (Å²) >= 11 is 0. The van der Waals surface area contributed by atoms with Crippen molar-refractivity contribution in [1.29, 1.82) is 0 Å². The Morgan fingerprint density at radius 3 is 2.80 bits per heavy atom. The van der Waals surface area contributed by atoms with Crippen LogP contribution in [0.25, 0.3) is 0 Å². The van der Waals surface area contributed by atoms with Crippen molar-refractivity contribution in [3.05, 3.63) is 35.9 Å². The van der Waals surface area contributed by atoms with Crippen molar-refractivity contribution in [3.63, 3.8) is 0 Å². The third kappa shape index (κ3) is 1.82. The molecule has 0 nitrogen and oxygen atoms in total. The molecule has 15 heavy (non-hydrogen) atoms. The van der Waals surface area contributed by atoms with Crippen LogP contribution in [0.2, 0.25) is 0 Å². The number of fused-ring (bicyclic) bond motifs is 1. The van der Waals surface area contributed by atoms with E-state index in [9.17, 15) is 0 Å². The molecule has 2 atom stereocenters. The average Bonchev–Trinajstić information content (AvgIpc) is 3.03. The van der Waals surface area contributed by atoms with Gasteiger partial charge in [0.15, 0.2) is 0 Å². The number of hydrogen-bond acceptors (Lipinski definition) is 0. The molecule has 2 unspecified atom stereocenters. The highest BCUT2D eigenvalue weighted by Crippen LogP contribution is 2.63. The molecule has 3 rings (SSSR count). The number of hydrogen-bond donors (Lipinski definition) is 0. The minimum absolute atomic E-state index is 0.800. The molecule has 0 bridgehead atoms. The number of benzene rings is 1. The molecule has 0 spiro atoms. The van der Waals surface area contributed by atoms with Crippen LogP contribution in [0, 0.1) is 11.3 Å². The second kappa shape index (κ2) is 3.66. The summed E-state index contributed by atoms with van der Waals surface area (Å²) in [6.45, 7) is 0. The molecule has 0 saturated heterocycles. The van der Waals surface area contributed by atoms with E-state index in [0.717, 1.165) is 11.3 Å². The van der Waals surface area contributed by atoms with Crippen LogP contribution in [0.15, 0.2) is 30.3 Å². The summed E-state index contributed by atoms with van der Waals surface area (Å²) in [5, 5.41) is 0. The van der Waals surface area contributed by atoms with Gasteiger partial charge in [-0.2, -0.15) is 0 Å². The lowest BCUT2D eigenvalue weighted by Crippen LogP contribution is -2.10. The van der Waals surface area contributed by atoms with Gasteiger partial charge < -0.3 is 0 Å². The zero-order valence-corrected chi connectivity index (χ0v) is 9.41. The Balaban J connectivity index is 1.59. The molecule has 0 amide bonds. The highest BCUT2D eigenvalue weighted by Gasteiger charge is 2.53. The van der Waals surface area contributed by atoms with Gasteiger partial charge in [-0.15, -0.1) is 0 Å². The van der Waals surface area contributed by atoms with Crippen molar-refractivity contribution in [1.82, 2.24) is 0 Å². The standard InChI is InChI=1S/C15H20/c1-2-6-13(7-3-1)9-11-15-10-5-4-8-14(15)12-15/h1-3,6-7,14H,4-5,8-12H2.